The largest absolute Gasteiger partial charge is 0.357 e. The van der Waals surface area contributed by atoms with E-state index >= 15 is 0 Å². The van der Waals surface area contributed by atoms with Gasteiger partial charge in [0.25, 0.3) is 0 Å². The van der Waals surface area contributed by atoms with Crippen LogP contribution in [-0.2, 0) is 0 Å². The van der Waals surface area contributed by atoms with E-state index in [9.17, 15) is 0 Å². The zero-order valence-electron chi connectivity index (χ0n) is 8.89. The highest BCUT2D eigenvalue weighted by atomic mass is 15.2. The lowest BCUT2D eigenvalue weighted by Crippen LogP contribution is -2.18. The summed E-state index contributed by atoms with van der Waals surface area (Å²) in [6.07, 6.45) is 5.74. The fourth-order valence-electron chi connectivity index (χ4n) is 2.35. The van der Waals surface area contributed by atoms with Crippen molar-refractivity contribution in [1.29, 1.82) is 0 Å². The molecule has 3 rings (SSSR count). The SMILES string of the molecule is NC1CC1c1ccc(N2CCCC2)nc1. The molecule has 2 N–H and O–H groups in total. The fourth-order valence-corrected chi connectivity index (χ4v) is 2.35. The summed E-state index contributed by atoms with van der Waals surface area (Å²) in [5, 5.41) is 0. The van der Waals surface area contributed by atoms with Crippen molar-refractivity contribution in [2.24, 2.45) is 5.73 Å². The zero-order chi connectivity index (χ0) is 10.3. The normalized spacial score (nSPS) is 29.5. The standard InChI is InChI=1S/C12H17N3/c13-11-7-10(11)9-3-4-12(14-8-9)15-5-1-2-6-15/h3-4,8,10-11H,1-2,5-7,13H2. The molecule has 2 aliphatic rings. The Kier molecular flexibility index (Phi) is 2.13. The van der Waals surface area contributed by atoms with Crippen LogP contribution in [0.1, 0.15) is 30.7 Å². The molecule has 2 atom stereocenters. The van der Waals surface area contributed by atoms with Crippen molar-refractivity contribution in [2.75, 3.05) is 18.0 Å². The van der Waals surface area contributed by atoms with Crippen LogP contribution in [0.5, 0.6) is 0 Å². The van der Waals surface area contributed by atoms with Crippen molar-refractivity contribution < 1.29 is 0 Å². The first-order valence-electron chi connectivity index (χ1n) is 5.81. The van der Waals surface area contributed by atoms with Gasteiger partial charge in [0.05, 0.1) is 0 Å². The fraction of sp³-hybridized carbons (Fsp3) is 0.583. The summed E-state index contributed by atoms with van der Waals surface area (Å²) < 4.78 is 0. The van der Waals surface area contributed by atoms with Gasteiger partial charge in [-0.05, 0) is 30.9 Å². The minimum atomic E-state index is 0.379. The van der Waals surface area contributed by atoms with Gasteiger partial charge >= 0.3 is 0 Å². The van der Waals surface area contributed by atoms with Crippen LogP contribution in [0.2, 0.25) is 0 Å². The minimum Gasteiger partial charge on any atom is -0.357 e. The maximum absolute atomic E-state index is 5.82. The molecule has 2 unspecified atom stereocenters. The number of nitrogens with two attached hydrogens (primary N) is 1. The maximum Gasteiger partial charge on any atom is 0.128 e. The molecule has 1 aliphatic heterocycles. The smallest absolute Gasteiger partial charge is 0.128 e. The second kappa shape index (κ2) is 3.49. The lowest BCUT2D eigenvalue weighted by atomic mass is 10.2. The van der Waals surface area contributed by atoms with Crippen molar-refractivity contribution >= 4 is 5.82 Å². The Labute approximate surface area is 90.3 Å². The van der Waals surface area contributed by atoms with E-state index in [0.717, 1.165) is 25.3 Å². The van der Waals surface area contributed by atoms with Gasteiger partial charge in [-0.1, -0.05) is 6.07 Å². The Morgan fingerprint density at radius 2 is 2.00 bits per heavy atom. The number of rotatable bonds is 2. The number of hydrogen-bond donors (Lipinski definition) is 1. The number of anilines is 1. The first kappa shape index (κ1) is 9.16. The lowest BCUT2D eigenvalue weighted by molar-refractivity contribution is 0.924. The molecule has 1 aromatic rings. The molecule has 1 saturated heterocycles. The topological polar surface area (TPSA) is 42.1 Å². The van der Waals surface area contributed by atoms with Crippen LogP contribution >= 0.6 is 0 Å². The predicted molar refractivity (Wildman–Crippen MR) is 61.0 cm³/mol. The van der Waals surface area contributed by atoms with Crippen LogP contribution in [0.4, 0.5) is 5.82 Å². The summed E-state index contributed by atoms with van der Waals surface area (Å²) in [5.41, 5.74) is 7.13. The second-order valence-corrected chi connectivity index (χ2v) is 4.65. The monoisotopic (exact) mass is 203 g/mol. The van der Waals surface area contributed by atoms with Crippen LogP contribution < -0.4 is 10.6 Å². The molecule has 1 aromatic heterocycles. The van der Waals surface area contributed by atoms with Crippen LogP contribution in [0.25, 0.3) is 0 Å². The van der Waals surface area contributed by atoms with Gasteiger partial charge in [-0.3, -0.25) is 0 Å². The van der Waals surface area contributed by atoms with Gasteiger partial charge in [0.2, 0.25) is 0 Å². The summed E-state index contributed by atoms with van der Waals surface area (Å²) in [6, 6.07) is 4.72. The van der Waals surface area contributed by atoms with Gasteiger partial charge in [0.15, 0.2) is 0 Å². The number of nitrogens with zero attached hydrogens (tertiary/aromatic N) is 2. The highest BCUT2D eigenvalue weighted by Gasteiger charge is 2.34. The molecule has 80 valence electrons. The second-order valence-electron chi connectivity index (χ2n) is 4.65. The van der Waals surface area contributed by atoms with E-state index in [-0.39, 0.29) is 0 Å². The number of pyridine rings is 1. The third-order valence-corrected chi connectivity index (χ3v) is 3.47. The Hall–Kier alpha value is -1.09. The van der Waals surface area contributed by atoms with Gasteiger partial charge in [0, 0.05) is 31.2 Å². The van der Waals surface area contributed by atoms with E-state index in [1.165, 1.54) is 18.4 Å². The number of hydrogen-bond acceptors (Lipinski definition) is 3. The molecular weight excluding hydrogens is 186 g/mol. The Morgan fingerprint density at radius 1 is 1.27 bits per heavy atom. The summed E-state index contributed by atoms with van der Waals surface area (Å²) in [7, 11) is 0. The Bertz CT molecular complexity index is 340. The molecule has 2 fully saturated rings. The predicted octanol–water partition coefficient (Wildman–Crippen LogP) is 1.50. The maximum atomic E-state index is 5.82. The molecular formula is C12H17N3. The minimum absolute atomic E-state index is 0.379. The van der Waals surface area contributed by atoms with Crippen LogP contribution in [0, 0.1) is 0 Å². The molecule has 1 saturated carbocycles. The van der Waals surface area contributed by atoms with Crippen LogP contribution in [0.15, 0.2) is 18.3 Å². The van der Waals surface area contributed by atoms with Crippen molar-refractivity contribution in [2.45, 2.75) is 31.2 Å². The molecule has 15 heavy (non-hydrogen) atoms. The van der Waals surface area contributed by atoms with Gasteiger partial charge < -0.3 is 10.6 Å². The van der Waals surface area contributed by atoms with Crippen LogP contribution in [-0.4, -0.2) is 24.1 Å². The summed E-state index contributed by atoms with van der Waals surface area (Å²) in [5.74, 6) is 1.70. The van der Waals surface area contributed by atoms with E-state index < -0.39 is 0 Å². The van der Waals surface area contributed by atoms with Gasteiger partial charge in [-0.15, -0.1) is 0 Å². The third kappa shape index (κ3) is 1.72. The Balaban J connectivity index is 1.75. The summed E-state index contributed by atoms with van der Waals surface area (Å²) in [4.78, 5) is 6.88. The van der Waals surface area contributed by atoms with Gasteiger partial charge in [0.1, 0.15) is 5.82 Å². The lowest BCUT2D eigenvalue weighted by Gasteiger charge is -2.16. The van der Waals surface area contributed by atoms with E-state index in [0.29, 0.717) is 12.0 Å². The van der Waals surface area contributed by atoms with E-state index in [1.54, 1.807) is 0 Å². The molecule has 3 nitrogen and oxygen atoms in total. The molecule has 0 amide bonds. The van der Waals surface area contributed by atoms with Gasteiger partial charge in [-0.25, -0.2) is 4.98 Å². The van der Waals surface area contributed by atoms with Gasteiger partial charge in [-0.2, -0.15) is 0 Å². The molecule has 0 spiro atoms. The first-order valence-corrected chi connectivity index (χ1v) is 5.81. The first-order chi connectivity index (χ1) is 7.34. The number of aromatic nitrogens is 1. The van der Waals surface area contributed by atoms with Crippen molar-refractivity contribution in [3.8, 4) is 0 Å². The Morgan fingerprint density at radius 3 is 2.53 bits per heavy atom. The van der Waals surface area contributed by atoms with Crippen molar-refractivity contribution in [3.05, 3.63) is 23.9 Å². The average Bonchev–Trinajstić information content (AvgIpc) is 2.82. The highest BCUT2D eigenvalue weighted by molar-refractivity contribution is 5.41. The van der Waals surface area contributed by atoms with Crippen molar-refractivity contribution in [1.82, 2.24) is 4.98 Å². The molecule has 0 radical (unpaired) electrons. The summed E-state index contributed by atoms with van der Waals surface area (Å²) >= 11 is 0. The third-order valence-electron chi connectivity index (χ3n) is 3.47. The zero-order valence-corrected chi connectivity index (χ0v) is 8.89. The van der Waals surface area contributed by atoms with Crippen molar-refractivity contribution in [3.63, 3.8) is 0 Å². The molecule has 1 aliphatic carbocycles. The summed E-state index contributed by atoms with van der Waals surface area (Å²) in [6.45, 7) is 2.32. The average molecular weight is 203 g/mol. The highest BCUT2D eigenvalue weighted by Crippen LogP contribution is 2.38. The molecule has 0 bridgehead atoms. The molecule has 3 heteroatoms. The van der Waals surface area contributed by atoms with E-state index in [2.05, 4.69) is 22.0 Å². The van der Waals surface area contributed by atoms with E-state index in [1.807, 2.05) is 6.20 Å². The molecule has 0 aromatic carbocycles. The molecule has 2 heterocycles. The quantitative estimate of drug-likeness (QED) is 0.792. The van der Waals surface area contributed by atoms with Crippen LogP contribution in [0.3, 0.4) is 0 Å². The van der Waals surface area contributed by atoms with E-state index in [4.69, 9.17) is 5.73 Å².